The minimum atomic E-state index is 0.591. The summed E-state index contributed by atoms with van der Waals surface area (Å²) in [5.74, 6) is 0.591. The average molecular weight is 242 g/mol. The minimum absolute atomic E-state index is 0.591. The molecule has 18 heavy (non-hydrogen) atoms. The Balaban J connectivity index is 3.35. The summed E-state index contributed by atoms with van der Waals surface area (Å²) in [5.41, 5.74) is 6.75. The monoisotopic (exact) mass is 242 g/mol. The van der Waals surface area contributed by atoms with Crippen molar-refractivity contribution in [2.24, 2.45) is 5.92 Å². The molecule has 0 radical (unpaired) electrons. The van der Waals surface area contributed by atoms with Gasteiger partial charge in [-0.25, -0.2) is 0 Å². The van der Waals surface area contributed by atoms with E-state index in [9.17, 15) is 0 Å². The highest BCUT2D eigenvalue weighted by molar-refractivity contribution is 5.74. The van der Waals surface area contributed by atoms with Gasteiger partial charge < -0.3 is 0 Å². The molecule has 98 valence electrons. The van der Waals surface area contributed by atoms with Crippen LogP contribution in [-0.2, 0) is 0 Å². The van der Waals surface area contributed by atoms with Crippen molar-refractivity contribution in [3.63, 3.8) is 0 Å². The van der Waals surface area contributed by atoms with E-state index in [0.717, 1.165) is 0 Å². The van der Waals surface area contributed by atoms with Gasteiger partial charge >= 0.3 is 0 Å². The third kappa shape index (κ3) is 3.35. The maximum Gasteiger partial charge on any atom is -0.0182 e. The molecule has 0 spiro atoms. The number of allylic oxidation sites excluding steroid dienone is 3. The fourth-order valence-corrected chi connectivity index (χ4v) is 2.52. The highest BCUT2D eigenvalue weighted by Gasteiger charge is 2.15. The lowest BCUT2D eigenvalue weighted by molar-refractivity contribution is 0.647. The van der Waals surface area contributed by atoms with Crippen LogP contribution in [0.15, 0.2) is 42.0 Å². The van der Waals surface area contributed by atoms with Gasteiger partial charge in [-0.1, -0.05) is 56.7 Å². The fourth-order valence-electron chi connectivity index (χ4n) is 2.52. The molecule has 0 heterocycles. The number of rotatable bonds is 5. The van der Waals surface area contributed by atoms with Crippen molar-refractivity contribution < 1.29 is 0 Å². The highest BCUT2D eigenvalue weighted by atomic mass is 14.2. The van der Waals surface area contributed by atoms with Gasteiger partial charge in [0, 0.05) is 0 Å². The topological polar surface area (TPSA) is 0 Å². The summed E-state index contributed by atoms with van der Waals surface area (Å²) in [6.07, 6.45) is 2.45. The number of hydrogen-bond donors (Lipinski definition) is 0. The second-order valence-corrected chi connectivity index (χ2v) is 5.32. The minimum Gasteiger partial charge on any atom is -0.0958 e. The van der Waals surface area contributed by atoms with Gasteiger partial charge in [-0.2, -0.15) is 0 Å². The lowest BCUT2D eigenvalue weighted by Gasteiger charge is -2.21. The smallest absolute Gasteiger partial charge is 0.0182 e. The lowest BCUT2D eigenvalue weighted by Crippen LogP contribution is -2.04. The van der Waals surface area contributed by atoms with E-state index in [-0.39, 0.29) is 0 Å². The molecule has 0 fully saturated rings. The van der Waals surface area contributed by atoms with Crippen molar-refractivity contribution in [3.8, 4) is 0 Å². The van der Waals surface area contributed by atoms with Crippen molar-refractivity contribution in [3.05, 3.63) is 53.1 Å². The summed E-state index contributed by atoms with van der Waals surface area (Å²) in [5, 5.41) is 0. The van der Waals surface area contributed by atoms with E-state index in [1.807, 2.05) is 0 Å². The maximum atomic E-state index is 4.12. The van der Waals surface area contributed by atoms with Crippen molar-refractivity contribution in [2.45, 2.75) is 47.5 Å². The van der Waals surface area contributed by atoms with Crippen LogP contribution in [0.2, 0.25) is 0 Å². The molecule has 0 saturated carbocycles. The van der Waals surface area contributed by atoms with Gasteiger partial charge in [0.15, 0.2) is 0 Å². The molecule has 1 aromatic rings. The third-order valence-electron chi connectivity index (χ3n) is 3.69. The molecule has 0 amide bonds. The van der Waals surface area contributed by atoms with Crippen LogP contribution < -0.4 is 0 Å². The van der Waals surface area contributed by atoms with Gasteiger partial charge in [0.2, 0.25) is 0 Å². The first-order valence-electron chi connectivity index (χ1n) is 6.91. The Morgan fingerprint density at radius 3 is 2.33 bits per heavy atom. The summed E-state index contributed by atoms with van der Waals surface area (Å²) in [6.45, 7) is 15.2. The molecule has 0 N–H and O–H groups in total. The maximum absolute atomic E-state index is 4.12. The number of hydrogen-bond acceptors (Lipinski definition) is 0. The Kier molecular flexibility index (Phi) is 5.40. The molecule has 0 aromatic heterocycles. The van der Waals surface area contributed by atoms with Gasteiger partial charge in [0.25, 0.3) is 0 Å². The van der Waals surface area contributed by atoms with Crippen LogP contribution in [0.4, 0.5) is 0 Å². The molecule has 0 aliphatic carbocycles. The Hall–Kier alpha value is -1.30. The zero-order valence-electron chi connectivity index (χ0n) is 12.5. The van der Waals surface area contributed by atoms with Crippen LogP contribution in [0.25, 0.3) is 5.57 Å². The Labute approximate surface area is 112 Å². The summed E-state index contributed by atoms with van der Waals surface area (Å²) in [4.78, 5) is 0. The molecular formula is C18H26. The van der Waals surface area contributed by atoms with Gasteiger partial charge in [-0.05, 0) is 55.4 Å². The Bertz CT molecular complexity index is 449. The van der Waals surface area contributed by atoms with Crippen LogP contribution >= 0.6 is 0 Å². The zero-order chi connectivity index (χ0) is 13.7. The van der Waals surface area contributed by atoms with Gasteiger partial charge in [0.05, 0.1) is 0 Å². The van der Waals surface area contributed by atoms with E-state index in [4.69, 9.17) is 0 Å². The molecular weight excluding hydrogens is 216 g/mol. The molecule has 0 bridgehead atoms. The van der Waals surface area contributed by atoms with Crippen molar-refractivity contribution >= 4 is 5.57 Å². The van der Waals surface area contributed by atoms with Crippen molar-refractivity contribution in [1.29, 1.82) is 0 Å². The first-order valence-corrected chi connectivity index (χ1v) is 6.91. The number of benzene rings is 1. The van der Waals surface area contributed by atoms with Crippen LogP contribution in [0, 0.1) is 12.8 Å². The summed E-state index contributed by atoms with van der Waals surface area (Å²) in [6, 6.07) is 8.67. The molecule has 0 aliphatic rings. The Morgan fingerprint density at radius 1 is 1.22 bits per heavy atom. The molecule has 1 atom stereocenters. The van der Waals surface area contributed by atoms with Crippen LogP contribution in [-0.4, -0.2) is 0 Å². The summed E-state index contributed by atoms with van der Waals surface area (Å²) < 4.78 is 0. The van der Waals surface area contributed by atoms with Crippen molar-refractivity contribution in [2.75, 3.05) is 0 Å². The van der Waals surface area contributed by atoms with Crippen LogP contribution in [0.1, 0.15) is 51.7 Å². The third-order valence-corrected chi connectivity index (χ3v) is 3.69. The van der Waals surface area contributed by atoms with E-state index in [0.29, 0.717) is 5.92 Å². The summed E-state index contributed by atoms with van der Waals surface area (Å²) in [7, 11) is 0. The molecule has 1 rings (SSSR count). The molecule has 0 heteroatoms. The first-order chi connectivity index (χ1) is 8.49. The van der Waals surface area contributed by atoms with Crippen LogP contribution in [0.3, 0.4) is 0 Å². The molecule has 1 aromatic carbocycles. The van der Waals surface area contributed by atoms with Gasteiger partial charge in [-0.15, -0.1) is 0 Å². The molecule has 1 unspecified atom stereocenters. The van der Waals surface area contributed by atoms with Crippen molar-refractivity contribution in [1.82, 2.24) is 0 Å². The highest BCUT2D eigenvalue weighted by Crippen LogP contribution is 2.33. The normalized spacial score (nSPS) is 14.1. The van der Waals surface area contributed by atoms with E-state index in [1.54, 1.807) is 0 Å². The zero-order valence-corrected chi connectivity index (χ0v) is 12.5. The second-order valence-electron chi connectivity index (χ2n) is 5.32. The molecule has 0 saturated heterocycles. The standard InChI is InChI=1S/C18H26/c1-7-10-15(5)18(16(6)13(2)3)17-12-9-8-11-14(17)4/h8-9,11-12,15H,2,7,10H2,1,3-6H3/b18-16+. The quantitative estimate of drug-likeness (QED) is 0.574. The molecule has 0 aliphatic heterocycles. The first kappa shape index (κ1) is 14.8. The fraction of sp³-hybridized carbons (Fsp3) is 0.444. The number of aryl methyl sites for hydroxylation is 1. The molecule has 0 nitrogen and oxygen atoms in total. The second kappa shape index (κ2) is 6.58. The average Bonchev–Trinajstić information content (AvgIpc) is 2.32. The predicted molar refractivity (Wildman–Crippen MR) is 82.7 cm³/mol. The summed E-state index contributed by atoms with van der Waals surface area (Å²) >= 11 is 0. The SMILES string of the molecule is C=C(C)/C(C)=C(/c1ccccc1C)C(C)CCC. The van der Waals surface area contributed by atoms with Gasteiger partial charge in [0.1, 0.15) is 0 Å². The largest absolute Gasteiger partial charge is 0.0958 e. The van der Waals surface area contributed by atoms with E-state index in [1.165, 1.54) is 40.7 Å². The van der Waals surface area contributed by atoms with E-state index in [2.05, 4.69) is 65.5 Å². The van der Waals surface area contributed by atoms with Gasteiger partial charge in [-0.3, -0.25) is 0 Å². The van der Waals surface area contributed by atoms with E-state index >= 15 is 0 Å². The Morgan fingerprint density at radius 2 is 1.83 bits per heavy atom. The predicted octanol–water partition coefficient (Wildman–Crippen LogP) is 5.78. The van der Waals surface area contributed by atoms with E-state index < -0.39 is 0 Å². The lowest BCUT2D eigenvalue weighted by atomic mass is 9.84. The van der Waals surface area contributed by atoms with Crippen LogP contribution in [0.5, 0.6) is 0 Å².